The lowest BCUT2D eigenvalue weighted by molar-refractivity contribution is 0.414. The molecule has 1 aromatic heterocycles. The highest BCUT2D eigenvalue weighted by molar-refractivity contribution is 7.09. The molecule has 0 aliphatic carbocycles. The first kappa shape index (κ1) is 16.3. The van der Waals surface area contributed by atoms with Crippen LogP contribution in [-0.2, 0) is 13.0 Å². The molecule has 1 heterocycles. The maximum Gasteiger partial charge on any atom is 0.191 e. The summed E-state index contributed by atoms with van der Waals surface area (Å²) in [5, 5.41) is 9.80. The number of aliphatic imine (C=N–C) groups is 1. The average molecular weight is 318 g/mol. The van der Waals surface area contributed by atoms with Crippen molar-refractivity contribution in [2.24, 2.45) is 4.99 Å². The summed E-state index contributed by atoms with van der Waals surface area (Å²) in [6.07, 6.45) is 0.893. The number of ether oxygens (including phenoxy) is 1. The summed E-state index contributed by atoms with van der Waals surface area (Å²) in [5.74, 6) is 1.65. The average Bonchev–Trinajstić information content (AvgIpc) is 2.96. The van der Waals surface area contributed by atoms with E-state index in [1.54, 1.807) is 25.5 Å². The third kappa shape index (κ3) is 5.04. The molecule has 0 saturated heterocycles. The number of aryl methyl sites for hydroxylation is 1. The van der Waals surface area contributed by atoms with Gasteiger partial charge in [-0.1, -0.05) is 12.1 Å². The van der Waals surface area contributed by atoms with Crippen LogP contribution < -0.4 is 15.4 Å². The smallest absolute Gasteiger partial charge is 0.191 e. The number of nitrogens with zero attached hydrogens (tertiary/aromatic N) is 2. The number of hydrogen-bond donors (Lipinski definition) is 2. The van der Waals surface area contributed by atoms with Gasteiger partial charge in [0.1, 0.15) is 5.75 Å². The summed E-state index contributed by atoms with van der Waals surface area (Å²) in [7, 11) is 3.45. The number of aromatic nitrogens is 1. The Labute approximate surface area is 135 Å². The van der Waals surface area contributed by atoms with Crippen LogP contribution in [0.1, 0.15) is 16.3 Å². The van der Waals surface area contributed by atoms with Crippen LogP contribution in [0.3, 0.4) is 0 Å². The van der Waals surface area contributed by atoms with E-state index in [0.29, 0.717) is 6.54 Å². The second-order valence-corrected chi connectivity index (χ2v) is 5.87. The van der Waals surface area contributed by atoms with Crippen molar-refractivity contribution < 1.29 is 4.74 Å². The Morgan fingerprint density at radius 2 is 2.23 bits per heavy atom. The van der Waals surface area contributed by atoms with Crippen LogP contribution in [0, 0.1) is 6.92 Å². The van der Waals surface area contributed by atoms with Crippen molar-refractivity contribution in [2.45, 2.75) is 19.9 Å². The molecule has 0 fully saturated rings. The Morgan fingerprint density at radius 3 is 2.91 bits per heavy atom. The molecule has 22 heavy (non-hydrogen) atoms. The number of rotatable bonds is 6. The van der Waals surface area contributed by atoms with E-state index >= 15 is 0 Å². The molecule has 0 bridgehead atoms. The van der Waals surface area contributed by atoms with E-state index in [4.69, 9.17) is 4.74 Å². The van der Waals surface area contributed by atoms with Gasteiger partial charge in [0.05, 0.1) is 17.8 Å². The summed E-state index contributed by atoms with van der Waals surface area (Å²) in [6, 6.07) is 7.99. The second kappa shape index (κ2) is 8.38. The molecule has 0 radical (unpaired) electrons. The van der Waals surface area contributed by atoms with Crippen LogP contribution in [-0.4, -0.2) is 31.6 Å². The minimum absolute atomic E-state index is 0.701. The molecule has 0 aliphatic heterocycles. The van der Waals surface area contributed by atoms with Gasteiger partial charge in [0.25, 0.3) is 0 Å². The van der Waals surface area contributed by atoms with Crippen molar-refractivity contribution >= 4 is 17.3 Å². The molecule has 0 atom stereocenters. The van der Waals surface area contributed by atoms with Gasteiger partial charge in [-0.2, -0.15) is 0 Å². The first-order valence-electron chi connectivity index (χ1n) is 7.19. The summed E-state index contributed by atoms with van der Waals surface area (Å²) in [6.45, 7) is 3.53. The predicted molar refractivity (Wildman–Crippen MR) is 91.8 cm³/mol. The number of benzene rings is 1. The summed E-state index contributed by atoms with van der Waals surface area (Å²) < 4.78 is 5.22. The number of hydrogen-bond acceptors (Lipinski definition) is 4. The normalized spacial score (nSPS) is 11.3. The molecular weight excluding hydrogens is 296 g/mol. The maximum atomic E-state index is 5.22. The predicted octanol–water partition coefficient (Wildman–Crippen LogP) is 2.37. The highest BCUT2D eigenvalue weighted by atomic mass is 32.1. The monoisotopic (exact) mass is 318 g/mol. The minimum atomic E-state index is 0.701. The summed E-state index contributed by atoms with van der Waals surface area (Å²) in [5.41, 5.74) is 2.27. The molecule has 0 saturated carbocycles. The molecule has 0 amide bonds. The number of guanidine groups is 1. The van der Waals surface area contributed by atoms with Crippen molar-refractivity contribution in [3.63, 3.8) is 0 Å². The summed E-state index contributed by atoms with van der Waals surface area (Å²) >= 11 is 1.68. The van der Waals surface area contributed by atoms with Gasteiger partial charge >= 0.3 is 0 Å². The third-order valence-electron chi connectivity index (χ3n) is 3.16. The van der Waals surface area contributed by atoms with Crippen molar-refractivity contribution in [3.8, 4) is 5.75 Å². The van der Waals surface area contributed by atoms with Gasteiger partial charge in [-0.3, -0.25) is 4.99 Å². The molecule has 0 aliphatic rings. The number of methoxy groups -OCH3 is 1. The van der Waals surface area contributed by atoms with Gasteiger partial charge in [0.15, 0.2) is 5.96 Å². The second-order valence-electron chi connectivity index (χ2n) is 4.81. The quantitative estimate of drug-likeness (QED) is 0.634. The molecular formula is C16H22N4OS. The van der Waals surface area contributed by atoms with E-state index in [-0.39, 0.29) is 0 Å². The lowest BCUT2D eigenvalue weighted by atomic mass is 10.2. The lowest BCUT2D eigenvalue weighted by Crippen LogP contribution is -2.37. The van der Waals surface area contributed by atoms with Crippen LogP contribution in [0.2, 0.25) is 0 Å². The van der Waals surface area contributed by atoms with E-state index in [1.165, 1.54) is 0 Å². The van der Waals surface area contributed by atoms with Gasteiger partial charge in [-0.15, -0.1) is 11.3 Å². The first-order valence-corrected chi connectivity index (χ1v) is 8.07. The van der Waals surface area contributed by atoms with Gasteiger partial charge in [-0.25, -0.2) is 4.98 Å². The molecule has 2 rings (SSSR count). The van der Waals surface area contributed by atoms with Gasteiger partial charge < -0.3 is 15.4 Å². The van der Waals surface area contributed by atoms with Crippen LogP contribution in [0.4, 0.5) is 0 Å². The van der Waals surface area contributed by atoms with E-state index in [0.717, 1.165) is 40.9 Å². The fourth-order valence-electron chi connectivity index (χ4n) is 2.02. The number of nitrogens with one attached hydrogen (secondary N) is 2. The largest absolute Gasteiger partial charge is 0.497 e. The Balaban J connectivity index is 1.77. The van der Waals surface area contributed by atoms with Crippen LogP contribution in [0.5, 0.6) is 5.75 Å². The van der Waals surface area contributed by atoms with Crippen LogP contribution >= 0.6 is 11.3 Å². The first-order chi connectivity index (χ1) is 10.7. The molecule has 1 aromatic carbocycles. The maximum absolute atomic E-state index is 5.22. The van der Waals surface area contributed by atoms with Crippen LogP contribution in [0.15, 0.2) is 34.6 Å². The highest BCUT2D eigenvalue weighted by Crippen LogP contribution is 2.12. The fourth-order valence-corrected chi connectivity index (χ4v) is 2.67. The summed E-state index contributed by atoms with van der Waals surface area (Å²) in [4.78, 5) is 8.68. The molecule has 118 valence electrons. The van der Waals surface area contributed by atoms with E-state index < -0.39 is 0 Å². The van der Waals surface area contributed by atoms with Crippen molar-refractivity contribution in [1.82, 2.24) is 15.6 Å². The van der Waals surface area contributed by atoms with Crippen LogP contribution in [0.25, 0.3) is 0 Å². The zero-order chi connectivity index (χ0) is 15.8. The number of thiazole rings is 1. The van der Waals surface area contributed by atoms with Gasteiger partial charge in [0, 0.05) is 31.9 Å². The van der Waals surface area contributed by atoms with E-state index in [1.807, 2.05) is 25.1 Å². The molecule has 2 aromatic rings. The molecule has 0 unspecified atom stereocenters. The van der Waals surface area contributed by atoms with Crippen molar-refractivity contribution in [2.75, 3.05) is 20.7 Å². The zero-order valence-electron chi connectivity index (χ0n) is 13.2. The van der Waals surface area contributed by atoms with Gasteiger partial charge in [-0.05, 0) is 24.6 Å². The molecule has 0 spiro atoms. The Kier molecular flexibility index (Phi) is 6.21. The molecule has 6 heteroatoms. The van der Waals surface area contributed by atoms with Crippen molar-refractivity contribution in [1.29, 1.82) is 0 Å². The lowest BCUT2D eigenvalue weighted by Gasteiger charge is -2.12. The minimum Gasteiger partial charge on any atom is -0.497 e. The highest BCUT2D eigenvalue weighted by Gasteiger charge is 2.01. The van der Waals surface area contributed by atoms with Gasteiger partial charge in [0.2, 0.25) is 0 Å². The van der Waals surface area contributed by atoms with E-state index in [2.05, 4.69) is 32.1 Å². The standard InChI is InChI=1S/C16H22N4OS/c1-12-20-14(11-22-12)7-8-18-16(17-2)19-10-13-5-4-6-15(9-13)21-3/h4-6,9,11H,7-8,10H2,1-3H3,(H2,17,18,19). The Bertz CT molecular complexity index is 624. The Morgan fingerprint density at radius 1 is 1.36 bits per heavy atom. The topological polar surface area (TPSA) is 58.5 Å². The molecule has 2 N–H and O–H groups in total. The SMILES string of the molecule is CN=C(NCCc1csc(C)n1)NCc1cccc(OC)c1. The van der Waals surface area contributed by atoms with E-state index in [9.17, 15) is 0 Å². The third-order valence-corrected chi connectivity index (χ3v) is 3.98. The molecule has 5 nitrogen and oxygen atoms in total. The fraction of sp³-hybridized carbons (Fsp3) is 0.375. The Hall–Kier alpha value is -2.08. The zero-order valence-corrected chi connectivity index (χ0v) is 14.0. The van der Waals surface area contributed by atoms with Crippen molar-refractivity contribution in [3.05, 3.63) is 45.9 Å².